The molecule has 1 heterocycles. The Morgan fingerprint density at radius 2 is 2.00 bits per heavy atom. The van der Waals surface area contributed by atoms with Crippen molar-refractivity contribution in [2.75, 3.05) is 5.33 Å². The lowest BCUT2D eigenvalue weighted by atomic mass is 9.95. The predicted octanol–water partition coefficient (Wildman–Crippen LogP) is 4.05. The van der Waals surface area contributed by atoms with Crippen LogP contribution < -0.4 is 5.32 Å². The number of halogens is 1. The summed E-state index contributed by atoms with van der Waals surface area (Å²) in [6.45, 7) is 8.31. The van der Waals surface area contributed by atoms with E-state index in [-0.39, 0.29) is 11.4 Å². The number of rotatable bonds is 5. The summed E-state index contributed by atoms with van der Waals surface area (Å²) >= 11 is 5.07. The van der Waals surface area contributed by atoms with Crippen molar-refractivity contribution in [1.82, 2.24) is 5.32 Å². The average Bonchev–Trinajstić information content (AvgIpc) is 2.67. The molecular formula is C13H20BrNOS. The van der Waals surface area contributed by atoms with Crippen LogP contribution in [0.25, 0.3) is 0 Å². The van der Waals surface area contributed by atoms with Crippen molar-refractivity contribution in [2.45, 2.75) is 46.1 Å². The van der Waals surface area contributed by atoms with Crippen LogP contribution in [0.2, 0.25) is 0 Å². The Morgan fingerprint density at radius 1 is 1.41 bits per heavy atom. The van der Waals surface area contributed by atoms with Crippen LogP contribution >= 0.6 is 27.3 Å². The molecule has 0 spiro atoms. The second kappa shape index (κ2) is 6.01. The van der Waals surface area contributed by atoms with Gasteiger partial charge in [-0.25, -0.2) is 0 Å². The minimum Gasteiger partial charge on any atom is -0.345 e. The van der Waals surface area contributed by atoms with E-state index in [1.165, 1.54) is 10.4 Å². The van der Waals surface area contributed by atoms with Crippen LogP contribution in [0.15, 0.2) is 6.07 Å². The Morgan fingerprint density at radius 3 is 2.35 bits per heavy atom. The highest BCUT2D eigenvalue weighted by Gasteiger charge is 2.27. The van der Waals surface area contributed by atoms with Gasteiger partial charge in [0.2, 0.25) is 0 Å². The molecule has 96 valence electrons. The minimum atomic E-state index is -0.122. The smallest absolute Gasteiger partial charge is 0.261 e. The Labute approximate surface area is 116 Å². The maximum absolute atomic E-state index is 12.2. The molecule has 17 heavy (non-hydrogen) atoms. The minimum absolute atomic E-state index is 0.0503. The van der Waals surface area contributed by atoms with Gasteiger partial charge in [0.15, 0.2) is 0 Å². The maximum Gasteiger partial charge on any atom is 0.261 e. The SMILES string of the molecule is CCC(CC)(CBr)NC(=O)c1cc(C)c(C)s1. The third-order valence-electron chi connectivity index (χ3n) is 3.38. The van der Waals surface area contributed by atoms with E-state index in [4.69, 9.17) is 0 Å². The highest BCUT2D eigenvalue weighted by atomic mass is 79.9. The lowest BCUT2D eigenvalue weighted by molar-refractivity contribution is 0.0908. The first-order valence-electron chi connectivity index (χ1n) is 5.93. The van der Waals surface area contributed by atoms with Crippen LogP contribution in [-0.2, 0) is 0 Å². The number of carbonyl (C=O) groups excluding carboxylic acids is 1. The van der Waals surface area contributed by atoms with Crippen molar-refractivity contribution in [3.63, 3.8) is 0 Å². The van der Waals surface area contributed by atoms with Crippen LogP contribution in [-0.4, -0.2) is 16.8 Å². The quantitative estimate of drug-likeness (QED) is 0.815. The zero-order valence-electron chi connectivity index (χ0n) is 10.9. The molecule has 0 aliphatic carbocycles. The number of thiophene rings is 1. The zero-order chi connectivity index (χ0) is 13.1. The summed E-state index contributed by atoms with van der Waals surface area (Å²) in [6, 6.07) is 1.97. The third-order valence-corrected chi connectivity index (χ3v) is 5.60. The van der Waals surface area contributed by atoms with E-state index in [0.29, 0.717) is 0 Å². The molecule has 0 radical (unpaired) electrons. The predicted molar refractivity (Wildman–Crippen MR) is 78.4 cm³/mol. The first kappa shape index (κ1) is 14.7. The fourth-order valence-corrected chi connectivity index (χ4v) is 3.50. The molecule has 0 bridgehead atoms. The molecule has 1 aromatic heterocycles. The van der Waals surface area contributed by atoms with Gasteiger partial charge in [0.05, 0.1) is 4.88 Å². The molecular weight excluding hydrogens is 298 g/mol. The number of aryl methyl sites for hydroxylation is 2. The van der Waals surface area contributed by atoms with Crippen molar-refractivity contribution in [3.05, 3.63) is 21.4 Å². The van der Waals surface area contributed by atoms with Gasteiger partial charge in [-0.2, -0.15) is 0 Å². The lowest BCUT2D eigenvalue weighted by Crippen LogP contribution is -2.48. The van der Waals surface area contributed by atoms with Gasteiger partial charge in [-0.3, -0.25) is 4.79 Å². The number of hydrogen-bond acceptors (Lipinski definition) is 2. The average molecular weight is 318 g/mol. The Kier molecular flexibility index (Phi) is 5.20. The van der Waals surface area contributed by atoms with Gasteiger partial charge in [0, 0.05) is 15.7 Å². The van der Waals surface area contributed by atoms with E-state index in [1.54, 1.807) is 11.3 Å². The van der Waals surface area contributed by atoms with E-state index in [2.05, 4.69) is 35.1 Å². The molecule has 4 heteroatoms. The monoisotopic (exact) mass is 317 g/mol. The molecule has 0 saturated heterocycles. The van der Waals surface area contributed by atoms with Crippen LogP contribution in [0.3, 0.4) is 0 Å². The molecule has 0 aliphatic rings. The van der Waals surface area contributed by atoms with Crippen LogP contribution in [0, 0.1) is 13.8 Å². The number of amides is 1. The second-order valence-electron chi connectivity index (χ2n) is 4.43. The van der Waals surface area contributed by atoms with Crippen LogP contribution in [0.4, 0.5) is 0 Å². The van der Waals surface area contributed by atoms with Gasteiger partial charge in [-0.15, -0.1) is 11.3 Å². The molecule has 0 atom stereocenters. The van der Waals surface area contributed by atoms with Gasteiger partial charge >= 0.3 is 0 Å². The highest BCUT2D eigenvalue weighted by molar-refractivity contribution is 9.09. The first-order valence-corrected chi connectivity index (χ1v) is 7.87. The Balaban J connectivity index is 2.84. The molecule has 0 saturated carbocycles. The molecule has 1 N–H and O–H groups in total. The van der Waals surface area contributed by atoms with Crippen LogP contribution in [0.5, 0.6) is 0 Å². The molecule has 2 nitrogen and oxygen atoms in total. The van der Waals surface area contributed by atoms with Crippen LogP contribution in [0.1, 0.15) is 46.8 Å². The van der Waals surface area contributed by atoms with E-state index in [0.717, 1.165) is 23.0 Å². The van der Waals surface area contributed by atoms with E-state index in [9.17, 15) is 4.79 Å². The lowest BCUT2D eigenvalue weighted by Gasteiger charge is -2.30. The normalized spacial score (nSPS) is 11.6. The summed E-state index contributed by atoms with van der Waals surface area (Å²) in [5.41, 5.74) is 1.07. The summed E-state index contributed by atoms with van der Waals surface area (Å²) < 4.78 is 0. The number of alkyl halides is 1. The maximum atomic E-state index is 12.2. The number of hydrogen-bond donors (Lipinski definition) is 1. The third kappa shape index (κ3) is 3.32. The van der Waals surface area contributed by atoms with Crippen molar-refractivity contribution in [2.24, 2.45) is 0 Å². The summed E-state index contributed by atoms with van der Waals surface area (Å²) in [6.07, 6.45) is 1.87. The molecule has 1 rings (SSSR count). The Hall–Kier alpha value is -0.350. The fourth-order valence-electron chi connectivity index (χ4n) is 1.64. The molecule has 0 unspecified atom stereocenters. The van der Waals surface area contributed by atoms with Gasteiger partial charge < -0.3 is 5.32 Å². The largest absolute Gasteiger partial charge is 0.345 e. The molecule has 0 aromatic carbocycles. The number of carbonyl (C=O) groups is 1. The standard InChI is InChI=1S/C13H20BrNOS/c1-5-13(6-2,8-14)15-12(16)11-7-9(3)10(4)17-11/h7H,5-6,8H2,1-4H3,(H,15,16). The molecule has 0 aliphatic heterocycles. The van der Waals surface area contributed by atoms with Gasteiger partial charge in [0.1, 0.15) is 0 Å². The summed E-state index contributed by atoms with van der Waals surface area (Å²) in [5, 5.41) is 3.95. The summed E-state index contributed by atoms with van der Waals surface area (Å²) in [5.74, 6) is 0.0503. The first-order chi connectivity index (χ1) is 7.98. The van der Waals surface area contributed by atoms with Gasteiger partial charge in [-0.05, 0) is 38.3 Å². The molecule has 1 aromatic rings. The molecule has 0 fully saturated rings. The van der Waals surface area contributed by atoms with Crippen molar-refractivity contribution in [1.29, 1.82) is 0 Å². The van der Waals surface area contributed by atoms with E-state index < -0.39 is 0 Å². The zero-order valence-corrected chi connectivity index (χ0v) is 13.3. The van der Waals surface area contributed by atoms with E-state index in [1.807, 2.05) is 19.9 Å². The van der Waals surface area contributed by atoms with E-state index >= 15 is 0 Å². The summed E-state index contributed by atoms with van der Waals surface area (Å²) in [4.78, 5) is 14.2. The van der Waals surface area contributed by atoms with Gasteiger partial charge in [-0.1, -0.05) is 29.8 Å². The van der Waals surface area contributed by atoms with Gasteiger partial charge in [0.25, 0.3) is 5.91 Å². The fraction of sp³-hybridized carbons (Fsp3) is 0.615. The topological polar surface area (TPSA) is 29.1 Å². The van der Waals surface area contributed by atoms with Crippen molar-refractivity contribution >= 4 is 33.2 Å². The molecule has 1 amide bonds. The highest BCUT2D eigenvalue weighted by Crippen LogP contribution is 2.23. The number of nitrogens with one attached hydrogen (secondary N) is 1. The summed E-state index contributed by atoms with van der Waals surface area (Å²) in [7, 11) is 0. The van der Waals surface area contributed by atoms with Crippen molar-refractivity contribution in [3.8, 4) is 0 Å². The van der Waals surface area contributed by atoms with Crippen molar-refractivity contribution < 1.29 is 4.79 Å². The second-order valence-corrected chi connectivity index (χ2v) is 6.24. The Bertz CT molecular complexity index is 368.